The Morgan fingerprint density at radius 1 is 0.838 bits per heavy atom. The molecule has 68 heavy (non-hydrogen) atoms. The van der Waals surface area contributed by atoms with Crippen LogP contribution < -0.4 is 42.0 Å². The van der Waals surface area contributed by atoms with Gasteiger partial charge in [-0.2, -0.15) is 16.9 Å². The van der Waals surface area contributed by atoms with Gasteiger partial charge in [-0.15, -0.1) is 0 Å². The first-order chi connectivity index (χ1) is 33.0. The number of nitrogens with two attached hydrogens (primary N) is 1. The highest BCUT2D eigenvalue weighted by Crippen LogP contribution is 2.37. The number of nitrogens with one attached hydrogen (secondary N) is 6. The van der Waals surface area contributed by atoms with Crippen molar-refractivity contribution in [2.75, 3.05) is 94.6 Å². The van der Waals surface area contributed by atoms with Gasteiger partial charge in [-0.05, 0) is 75.8 Å². The van der Waals surface area contributed by atoms with Crippen molar-refractivity contribution in [2.45, 2.75) is 88.5 Å². The van der Waals surface area contributed by atoms with Gasteiger partial charge in [0.25, 0.3) is 5.91 Å². The monoisotopic (exact) mass is 963 g/mol. The molecule has 2 saturated heterocycles. The number of fused-ring (bicyclic) bond motifs is 1. The summed E-state index contributed by atoms with van der Waals surface area (Å²) in [5.74, 6) is 1.64. The summed E-state index contributed by atoms with van der Waals surface area (Å²) in [6, 6.07) is 13.0. The average molecular weight is 963 g/mol. The van der Waals surface area contributed by atoms with Gasteiger partial charge in [0.15, 0.2) is 0 Å². The van der Waals surface area contributed by atoms with Crippen LogP contribution >= 0.6 is 11.8 Å². The SMILES string of the molecule is C=CC(=O)N(c1cccc(Nc2[nH]ncc2C)c1)c1cc(N)cc(OCCCNC(=O)CCCC(=O)NCCCOCCOCCOCCCNC(=O)CCCC[C@@H]2SCC3NC(=O)N(C)C32)c1. The first-order valence-electron chi connectivity index (χ1n) is 23.6. The van der Waals surface area contributed by atoms with Crippen molar-refractivity contribution < 1.29 is 42.9 Å². The zero-order chi connectivity index (χ0) is 48.5. The van der Waals surface area contributed by atoms with E-state index in [1.165, 1.54) is 11.0 Å². The number of rotatable bonds is 33. The van der Waals surface area contributed by atoms with Crippen molar-refractivity contribution in [2.24, 2.45) is 0 Å². The molecule has 2 fully saturated rings. The van der Waals surface area contributed by atoms with Crippen LogP contribution in [0.15, 0.2) is 61.3 Å². The second-order valence-electron chi connectivity index (χ2n) is 16.7. The van der Waals surface area contributed by atoms with E-state index in [2.05, 4.69) is 43.4 Å². The number of carbonyl (C=O) groups is 5. The molecule has 2 aliphatic heterocycles. The third-order valence-corrected chi connectivity index (χ3v) is 12.8. The third kappa shape index (κ3) is 18.0. The minimum atomic E-state index is -0.348. The number of anilines is 5. The van der Waals surface area contributed by atoms with Crippen molar-refractivity contribution in [1.82, 2.24) is 36.4 Å². The smallest absolute Gasteiger partial charge is 0.317 e. The maximum Gasteiger partial charge on any atom is 0.317 e. The number of urea groups is 1. The number of nitrogen functional groups attached to an aromatic ring is 1. The molecule has 8 N–H and O–H groups in total. The van der Waals surface area contributed by atoms with Crippen LogP contribution in [0.5, 0.6) is 5.75 Å². The Morgan fingerprint density at radius 3 is 2.10 bits per heavy atom. The van der Waals surface area contributed by atoms with E-state index in [0.717, 1.165) is 48.5 Å². The van der Waals surface area contributed by atoms with E-state index in [-0.39, 0.29) is 54.6 Å². The van der Waals surface area contributed by atoms with E-state index in [0.29, 0.717) is 120 Å². The number of hydrogen-bond acceptors (Lipinski definition) is 13. The number of likely N-dealkylation sites (N-methyl/N-ethyl adjacent to an activating group) is 1. The Morgan fingerprint density at radius 2 is 1.47 bits per heavy atom. The highest BCUT2D eigenvalue weighted by atomic mass is 32.2. The Balaban J connectivity index is 0.797. The molecule has 3 aromatic rings. The second-order valence-corrected chi connectivity index (χ2v) is 17.9. The predicted octanol–water partition coefficient (Wildman–Crippen LogP) is 5.08. The Kier molecular flexibility index (Phi) is 22.8. The van der Waals surface area contributed by atoms with Crippen molar-refractivity contribution in [3.63, 3.8) is 0 Å². The minimum Gasteiger partial charge on any atom is -0.493 e. The molecule has 0 saturated carbocycles. The quantitative estimate of drug-likeness (QED) is 0.0183. The minimum absolute atomic E-state index is 0.0193. The van der Waals surface area contributed by atoms with Gasteiger partial charge in [0, 0.05) is 99.2 Å². The van der Waals surface area contributed by atoms with Gasteiger partial charge in [0.1, 0.15) is 11.6 Å². The van der Waals surface area contributed by atoms with E-state index in [4.69, 9.17) is 24.7 Å². The van der Waals surface area contributed by atoms with E-state index < -0.39 is 0 Å². The molecule has 0 spiro atoms. The van der Waals surface area contributed by atoms with Crippen molar-refractivity contribution in [3.8, 4) is 5.75 Å². The number of thioether (sulfide) groups is 1. The molecule has 2 aromatic carbocycles. The summed E-state index contributed by atoms with van der Waals surface area (Å²) in [7, 11) is 1.87. The van der Waals surface area contributed by atoms with Gasteiger partial charge in [-0.1, -0.05) is 19.1 Å². The van der Waals surface area contributed by atoms with Crippen LogP contribution in [-0.4, -0.2) is 141 Å². The molecule has 2 aliphatic rings. The van der Waals surface area contributed by atoms with Crippen LogP contribution in [0, 0.1) is 6.92 Å². The molecule has 0 radical (unpaired) electrons. The summed E-state index contributed by atoms with van der Waals surface area (Å²) >= 11 is 1.92. The normalized spacial score (nSPS) is 16.2. The molecule has 1 aromatic heterocycles. The fourth-order valence-electron chi connectivity index (χ4n) is 7.77. The number of benzene rings is 2. The number of carbonyl (C=O) groups excluding carboxylic acids is 5. The van der Waals surface area contributed by atoms with Crippen LogP contribution in [0.2, 0.25) is 0 Å². The predicted molar refractivity (Wildman–Crippen MR) is 265 cm³/mol. The number of H-pyrrole nitrogens is 1. The largest absolute Gasteiger partial charge is 0.493 e. The Hall–Kier alpha value is -5.83. The van der Waals surface area contributed by atoms with Crippen LogP contribution in [0.1, 0.15) is 69.8 Å². The van der Waals surface area contributed by atoms with Gasteiger partial charge in [-0.25, -0.2) is 4.79 Å². The summed E-state index contributed by atoms with van der Waals surface area (Å²) < 4.78 is 22.7. The highest BCUT2D eigenvalue weighted by Gasteiger charge is 2.46. The molecule has 2 unspecified atom stereocenters. The zero-order valence-corrected chi connectivity index (χ0v) is 40.3. The summed E-state index contributed by atoms with van der Waals surface area (Å²) in [5, 5.41) is 22.4. The second kappa shape index (κ2) is 29.1. The fraction of sp³-hybridized carbons (Fsp3) is 0.542. The number of aromatic nitrogens is 2. The van der Waals surface area contributed by atoms with Crippen LogP contribution in [0.4, 0.5) is 33.4 Å². The summed E-state index contributed by atoms with van der Waals surface area (Å²) in [6.45, 7) is 10.2. The first kappa shape index (κ1) is 53.1. The van der Waals surface area contributed by atoms with Crippen molar-refractivity contribution >= 4 is 70.0 Å². The molecule has 3 heterocycles. The van der Waals surface area contributed by atoms with Crippen LogP contribution in [0.3, 0.4) is 0 Å². The van der Waals surface area contributed by atoms with Crippen molar-refractivity contribution in [1.29, 1.82) is 0 Å². The molecule has 5 rings (SSSR count). The lowest BCUT2D eigenvalue weighted by atomic mass is 10.0. The van der Waals surface area contributed by atoms with E-state index >= 15 is 0 Å². The van der Waals surface area contributed by atoms with E-state index in [1.54, 1.807) is 24.4 Å². The molecule has 6 amide bonds. The molecule has 3 atom stereocenters. The average Bonchev–Trinajstić information content (AvgIpc) is 4.00. The summed E-state index contributed by atoms with van der Waals surface area (Å²) in [4.78, 5) is 65.1. The molecular weight excluding hydrogens is 893 g/mol. The number of amides is 6. The van der Waals surface area contributed by atoms with Crippen molar-refractivity contribution in [3.05, 3.63) is 66.9 Å². The number of unbranched alkanes of at least 4 members (excludes halogenated alkanes) is 1. The maximum absolute atomic E-state index is 13.1. The molecule has 0 aliphatic carbocycles. The van der Waals surface area contributed by atoms with Crippen LogP contribution in [0.25, 0.3) is 0 Å². The molecule has 0 bridgehead atoms. The van der Waals surface area contributed by atoms with Crippen LogP contribution in [-0.2, 0) is 33.4 Å². The van der Waals surface area contributed by atoms with Gasteiger partial charge in [0.05, 0.1) is 62.7 Å². The first-order valence-corrected chi connectivity index (χ1v) is 24.6. The molecule has 20 heteroatoms. The van der Waals surface area contributed by atoms with Gasteiger partial charge in [-0.3, -0.25) is 29.2 Å². The number of aryl methyl sites for hydroxylation is 1. The number of aromatic amines is 1. The highest BCUT2D eigenvalue weighted by molar-refractivity contribution is 8.00. The van der Waals surface area contributed by atoms with Gasteiger partial charge >= 0.3 is 6.03 Å². The zero-order valence-electron chi connectivity index (χ0n) is 39.5. The Labute approximate surface area is 403 Å². The number of hydrogen-bond donors (Lipinski definition) is 7. The van der Waals surface area contributed by atoms with Gasteiger partial charge < -0.3 is 56.2 Å². The lowest BCUT2D eigenvalue weighted by Crippen LogP contribution is -2.38. The number of nitrogens with zero attached hydrogens (tertiary/aromatic N) is 3. The lowest BCUT2D eigenvalue weighted by Gasteiger charge is -2.23. The fourth-order valence-corrected chi connectivity index (χ4v) is 9.41. The third-order valence-electron chi connectivity index (χ3n) is 11.3. The molecule has 372 valence electrons. The van der Waals surface area contributed by atoms with Gasteiger partial charge in [0.2, 0.25) is 17.7 Å². The molecule has 19 nitrogen and oxygen atoms in total. The lowest BCUT2D eigenvalue weighted by molar-refractivity contribution is -0.123. The maximum atomic E-state index is 13.1. The number of ether oxygens (including phenoxy) is 4. The molecular formula is C48H70N10O9S. The summed E-state index contributed by atoms with van der Waals surface area (Å²) in [5.41, 5.74) is 9.43. The topological polar surface area (TPSA) is 244 Å². The standard InChI is InChI=1S/C48H70N10O9S/c1-4-45(62)58(37-13-7-12-36(30-37)54-47-34(2)32-53-56-47)38-28-35(49)29-39(31-38)67-23-11-20-52-44(61)17-8-16-43(60)51-19-10-22-65-25-27-66-26-24-64-21-9-18-50-42(59)15-6-5-14-41-46-40(33-68-41)55-48(63)57(46)3/h4,7,12-13,28-32,40-41,46H,1,5-6,8-11,14-27,33,49H2,2-3H3,(H,50,59)(H,51,60)(H,52,61)(H,55,63)(H2,53,54,56)/t40?,41-,46?/m0/s1. The summed E-state index contributed by atoms with van der Waals surface area (Å²) in [6.07, 6.45) is 9.13. The Bertz CT molecular complexity index is 2090. The van der Waals surface area contributed by atoms with E-state index in [1.807, 2.05) is 54.9 Å². The van der Waals surface area contributed by atoms with E-state index in [9.17, 15) is 24.0 Å².